The lowest BCUT2D eigenvalue weighted by molar-refractivity contribution is -0.162. The molecule has 1 rings (SSSR count). The first-order valence-electron chi connectivity index (χ1n) is 5.27. The van der Waals surface area contributed by atoms with E-state index in [0.29, 0.717) is 6.61 Å². The van der Waals surface area contributed by atoms with Crippen molar-refractivity contribution in [3.63, 3.8) is 0 Å². The third kappa shape index (κ3) is 5.14. The van der Waals surface area contributed by atoms with Crippen LogP contribution in [0.5, 0.6) is 0 Å². The van der Waals surface area contributed by atoms with Gasteiger partial charge >= 0.3 is 0 Å². The lowest BCUT2D eigenvalue weighted by Gasteiger charge is -2.22. The highest BCUT2D eigenvalue weighted by Gasteiger charge is 2.12. The number of carbonyl (C=O) groups excluding carboxylic acids is 1. The average Bonchev–Trinajstić information content (AvgIpc) is 2.25. The number of allylic oxidation sites excluding steroid dienone is 2. The van der Waals surface area contributed by atoms with Gasteiger partial charge in [-0.1, -0.05) is 6.08 Å². The minimum absolute atomic E-state index is 0.0128. The lowest BCUT2D eigenvalue weighted by Crippen LogP contribution is -2.22. The summed E-state index contributed by atoms with van der Waals surface area (Å²) in [5, 5.41) is 0. The van der Waals surface area contributed by atoms with E-state index in [9.17, 15) is 4.79 Å². The Morgan fingerprint density at radius 1 is 1.43 bits per heavy atom. The van der Waals surface area contributed by atoms with Gasteiger partial charge in [-0.05, 0) is 38.2 Å². The predicted octanol–water partition coefficient (Wildman–Crippen LogP) is 2.06. The Morgan fingerprint density at radius 3 is 3.07 bits per heavy atom. The van der Waals surface area contributed by atoms with Gasteiger partial charge in [-0.15, -0.1) is 0 Å². The van der Waals surface area contributed by atoms with E-state index in [1.807, 2.05) is 6.08 Å². The smallest absolute Gasteiger partial charge is 0.157 e. The largest absolute Gasteiger partial charge is 0.353 e. The highest BCUT2D eigenvalue weighted by Crippen LogP contribution is 2.13. The minimum Gasteiger partial charge on any atom is -0.353 e. The van der Waals surface area contributed by atoms with Crippen LogP contribution >= 0.6 is 0 Å². The standard InChI is InChI=1S/C11H18O3/c12-8-4-1-2-5-9-13-11-7-3-6-10-14-11/h1,4,8,11H,2-3,5-7,9-10H2/b4-1-. The Morgan fingerprint density at radius 2 is 2.36 bits per heavy atom. The summed E-state index contributed by atoms with van der Waals surface area (Å²) in [4.78, 5) is 9.95. The second kappa shape index (κ2) is 7.71. The van der Waals surface area contributed by atoms with Gasteiger partial charge < -0.3 is 9.47 Å². The number of unbranched alkanes of at least 4 members (excludes halogenated alkanes) is 1. The zero-order valence-electron chi connectivity index (χ0n) is 8.48. The molecule has 0 spiro atoms. The molecule has 14 heavy (non-hydrogen) atoms. The summed E-state index contributed by atoms with van der Waals surface area (Å²) in [6.45, 7) is 1.55. The maximum atomic E-state index is 9.95. The molecule has 1 fully saturated rings. The molecule has 1 unspecified atom stereocenters. The van der Waals surface area contributed by atoms with Gasteiger partial charge in [0.1, 0.15) is 6.29 Å². The quantitative estimate of drug-likeness (QED) is 0.372. The van der Waals surface area contributed by atoms with Crippen molar-refractivity contribution in [2.45, 2.75) is 38.4 Å². The lowest BCUT2D eigenvalue weighted by atomic mass is 10.2. The van der Waals surface area contributed by atoms with Gasteiger partial charge in [-0.3, -0.25) is 4.79 Å². The average molecular weight is 198 g/mol. The normalized spacial score (nSPS) is 22.7. The molecule has 3 nitrogen and oxygen atoms in total. The number of rotatable bonds is 6. The Balaban J connectivity index is 1.92. The molecule has 0 aromatic heterocycles. The zero-order valence-corrected chi connectivity index (χ0v) is 8.48. The van der Waals surface area contributed by atoms with E-state index in [1.54, 1.807) is 0 Å². The first kappa shape index (κ1) is 11.4. The first-order chi connectivity index (χ1) is 6.93. The van der Waals surface area contributed by atoms with E-state index in [2.05, 4.69) is 0 Å². The zero-order chi connectivity index (χ0) is 10.1. The molecule has 1 heterocycles. The Labute approximate surface area is 85.1 Å². The van der Waals surface area contributed by atoms with Crippen LogP contribution in [0, 0.1) is 0 Å². The van der Waals surface area contributed by atoms with Crippen molar-refractivity contribution < 1.29 is 14.3 Å². The number of ether oxygens (including phenoxy) is 2. The van der Waals surface area contributed by atoms with Crippen LogP contribution in [0.25, 0.3) is 0 Å². The molecule has 0 aliphatic carbocycles. The summed E-state index contributed by atoms with van der Waals surface area (Å²) in [6, 6.07) is 0. The van der Waals surface area contributed by atoms with Crippen LogP contribution in [0.15, 0.2) is 12.2 Å². The molecule has 80 valence electrons. The monoisotopic (exact) mass is 198 g/mol. The Kier molecular flexibility index (Phi) is 6.28. The van der Waals surface area contributed by atoms with Crippen molar-refractivity contribution in [3.05, 3.63) is 12.2 Å². The number of aldehydes is 1. The number of carbonyl (C=O) groups is 1. The summed E-state index contributed by atoms with van der Waals surface area (Å²) in [6.07, 6.45) is 9.41. The van der Waals surface area contributed by atoms with Crippen molar-refractivity contribution in [3.8, 4) is 0 Å². The van der Waals surface area contributed by atoms with Crippen molar-refractivity contribution in [1.29, 1.82) is 0 Å². The first-order valence-corrected chi connectivity index (χ1v) is 5.27. The number of hydrogen-bond donors (Lipinski definition) is 0. The molecule has 1 aliphatic rings. The van der Waals surface area contributed by atoms with Gasteiger partial charge in [0.15, 0.2) is 6.29 Å². The molecule has 0 aromatic rings. The second-order valence-electron chi connectivity index (χ2n) is 3.37. The van der Waals surface area contributed by atoms with Gasteiger partial charge in [0.25, 0.3) is 0 Å². The van der Waals surface area contributed by atoms with Crippen molar-refractivity contribution in [2.24, 2.45) is 0 Å². The fourth-order valence-corrected chi connectivity index (χ4v) is 1.41. The fraction of sp³-hybridized carbons (Fsp3) is 0.727. The molecule has 0 radical (unpaired) electrons. The van der Waals surface area contributed by atoms with Crippen LogP contribution in [-0.4, -0.2) is 25.8 Å². The highest BCUT2D eigenvalue weighted by atomic mass is 16.7. The van der Waals surface area contributed by atoms with Crippen LogP contribution < -0.4 is 0 Å². The van der Waals surface area contributed by atoms with Crippen molar-refractivity contribution in [2.75, 3.05) is 13.2 Å². The highest BCUT2D eigenvalue weighted by molar-refractivity contribution is 5.64. The molecule has 3 heteroatoms. The van der Waals surface area contributed by atoms with Crippen LogP contribution in [0.1, 0.15) is 32.1 Å². The van der Waals surface area contributed by atoms with E-state index in [-0.39, 0.29) is 6.29 Å². The Hall–Kier alpha value is -0.670. The van der Waals surface area contributed by atoms with Gasteiger partial charge in [0.05, 0.1) is 6.61 Å². The van der Waals surface area contributed by atoms with E-state index in [0.717, 1.165) is 38.6 Å². The SMILES string of the molecule is O=C/C=C\CCCOC1CCCCO1. The molecular weight excluding hydrogens is 180 g/mol. The maximum Gasteiger partial charge on any atom is 0.157 e. The van der Waals surface area contributed by atoms with Crippen LogP contribution in [0.3, 0.4) is 0 Å². The van der Waals surface area contributed by atoms with E-state index >= 15 is 0 Å². The van der Waals surface area contributed by atoms with Gasteiger partial charge in [-0.25, -0.2) is 0 Å². The molecule has 0 bridgehead atoms. The summed E-state index contributed by atoms with van der Waals surface area (Å²) >= 11 is 0. The molecule has 0 aromatic carbocycles. The van der Waals surface area contributed by atoms with Gasteiger partial charge in [0.2, 0.25) is 0 Å². The van der Waals surface area contributed by atoms with Crippen LogP contribution in [0.2, 0.25) is 0 Å². The predicted molar refractivity (Wildman–Crippen MR) is 54.0 cm³/mol. The van der Waals surface area contributed by atoms with Crippen LogP contribution in [0.4, 0.5) is 0 Å². The second-order valence-corrected chi connectivity index (χ2v) is 3.37. The molecule has 0 amide bonds. The third-order valence-corrected chi connectivity index (χ3v) is 2.17. The summed E-state index contributed by atoms with van der Waals surface area (Å²) in [5.74, 6) is 0. The molecular formula is C11H18O3. The molecule has 1 atom stereocenters. The summed E-state index contributed by atoms with van der Waals surface area (Å²) in [5.41, 5.74) is 0. The van der Waals surface area contributed by atoms with Gasteiger partial charge in [-0.2, -0.15) is 0 Å². The van der Waals surface area contributed by atoms with E-state index in [1.165, 1.54) is 12.5 Å². The van der Waals surface area contributed by atoms with E-state index < -0.39 is 0 Å². The Bertz CT molecular complexity index is 171. The molecule has 1 aliphatic heterocycles. The molecule has 0 saturated carbocycles. The third-order valence-electron chi connectivity index (χ3n) is 2.17. The van der Waals surface area contributed by atoms with Crippen molar-refractivity contribution >= 4 is 6.29 Å². The van der Waals surface area contributed by atoms with Crippen LogP contribution in [-0.2, 0) is 14.3 Å². The topological polar surface area (TPSA) is 35.5 Å². The van der Waals surface area contributed by atoms with E-state index in [4.69, 9.17) is 9.47 Å². The number of hydrogen-bond acceptors (Lipinski definition) is 3. The summed E-state index contributed by atoms with van der Waals surface area (Å²) in [7, 11) is 0. The van der Waals surface area contributed by atoms with Gasteiger partial charge in [0, 0.05) is 6.61 Å². The minimum atomic E-state index is 0.0128. The maximum absolute atomic E-state index is 9.95. The van der Waals surface area contributed by atoms with Crippen molar-refractivity contribution in [1.82, 2.24) is 0 Å². The molecule has 0 N–H and O–H groups in total. The fourth-order valence-electron chi connectivity index (χ4n) is 1.41. The summed E-state index contributed by atoms with van der Waals surface area (Å²) < 4.78 is 10.9. The molecule has 1 saturated heterocycles.